The number of thioether (sulfide) groups is 1. The summed E-state index contributed by atoms with van der Waals surface area (Å²) in [5.74, 6) is 0. The molecule has 0 amide bonds. The molecule has 0 spiro atoms. The monoisotopic (exact) mass is 285 g/mol. The van der Waals surface area contributed by atoms with Gasteiger partial charge in [-0.3, -0.25) is 0 Å². The van der Waals surface area contributed by atoms with Crippen LogP contribution in [0.15, 0.2) is 29.2 Å². The van der Waals surface area contributed by atoms with Gasteiger partial charge in [-0.25, -0.2) is 13.1 Å². The highest BCUT2D eigenvalue weighted by atomic mass is 32.2. The minimum Gasteiger partial charge on any atom is -0.208 e. The average molecular weight is 285 g/mol. The minimum absolute atomic E-state index is 0.0899. The number of nitrogens with one attached hydrogen (secondary N) is 1. The van der Waals surface area contributed by atoms with E-state index in [4.69, 9.17) is 0 Å². The molecule has 0 bridgehead atoms. The molecule has 2 unspecified atom stereocenters. The smallest absolute Gasteiger partial charge is 0.208 e. The van der Waals surface area contributed by atoms with Crippen LogP contribution in [0.4, 0.5) is 0 Å². The van der Waals surface area contributed by atoms with E-state index in [1.165, 1.54) is 0 Å². The fraction of sp³-hybridized carbons (Fsp3) is 0.538. The van der Waals surface area contributed by atoms with Gasteiger partial charge in [0.05, 0.1) is 4.90 Å². The quantitative estimate of drug-likeness (QED) is 0.925. The summed E-state index contributed by atoms with van der Waals surface area (Å²) >= 11 is 1.83. The van der Waals surface area contributed by atoms with E-state index in [1.807, 2.05) is 30.8 Å². The van der Waals surface area contributed by atoms with E-state index < -0.39 is 10.0 Å². The molecule has 3 nitrogen and oxygen atoms in total. The summed E-state index contributed by atoms with van der Waals surface area (Å²) in [4.78, 5) is 0.401. The summed E-state index contributed by atoms with van der Waals surface area (Å²) in [6.07, 6.45) is 5.06. The van der Waals surface area contributed by atoms with Crippen molar-refractivity contribution in [1.82, 2.24) is 4.72 Å². The molecule has 0 aromatic heterocycles. The highest BCUT2D eigenvalue weighted by molar-refractivity contribution is 7.99. The zero-order valence-corrected chi connectivity index (χ0v) is 12.4. The summed E-state index contributed by atoms with van der Waals surface area (Å²) in [5.41, 5.74) is 0.796. The second kappa shape index (κ2) is 5.63. The van der Waals surface area contributed by atoms with Crippen molar-refractivity contribution in [3.8, 4) is 0 Å². The van der Waals surface area contributed by atoms with Crippen LogP contribution in [0.1, 0.15) is 24.8 Å². The Labute approximate surface area is 113 Å². The Balaban J connectivity index is 2.11. The largest absolute Gasteiger partial charge is 0.241 e. The van der Waals surface area contributed by atoms with Crippen LogP contribution in [0.3, 0.4) is 0 Å². The van der Waals surface area contributed by atoms with E-state index >= 15 is 0 Å². The molecule has 1 saturated carbocycles. The number of aryl methyl sites for hydroxylation is 1. The number of hydrogen-bond donors (Lipinski definition) is 1. The average Bonchev–Trinajstić information content (AvgIpc) is 2.76. The topological polar surface area (TPSA) is 46.2 Å². The molecule has 0 saturated heterocycles. The van der Waals surface area contributed by atoms with Crippen LogP contribution in [0.5, 0.6) is 0 Å². The van der Waals surface area contributed by atoms with Gasteiger partial charge in [0, 0.05) is 11.3 Å². The summed E-state index contributed by atoms with van der Waals surface area (Å²) in [5, 5.41) is 0.592. The van der Waals surface area contributed by atoms with Gasteiger partial charge in [0.2, 0.25) is 10.0 Å². The second-order valence-electron chi connectivity index (χ2n) is 4.75. The zero-order chi connectivity index (χ0) is 13.2. The van der Waals surface area contributed by atoms with Crippen molar-refractivity contribution in [3.63, 3.8) is 0 Å². The predicted octanol–water partition coefficient (Wildman–Crippen LogP) is 2.56. The van der Waals surface area contributed by atoms with Crippen LogP contribution in [0.2, 0.25) is 0 Å². The van der Waals surface area contributed by atoms with Crippen molar-refractivity contribution >= 4 is 21.8 Å². The van der Waals surface area contributed by atoms with Gasteiger partial charge in [-0.1, -0.05) is 18.2 Å². The highest BCUT2D eigenvalue weighted by Crippen LogP contribution is 2.29. The first-order chi connectivity index (χ1) is 8.53. The molecule has 0 radical (unpaired) electrons. The molecule has 1 N–H and O–H groups in total. The van der Waals surface area contributed by atoms with Crippen LogP contribution in [-0.4, -0.2) is 26.0 Å². The zero-order valence-electron chi connectivity index (χ0n) is 10.7. The Morgan fingerprint density at radius 3 is 2.61 bits per heavy atom. The molecular weight excluding hydrogens is 266 g/mol. The van der Waals surface area contributed by atoms with E-state index in [-0.39, 0.29) is 6.04 Å². The molecule has 18 heavy (non-hydrogen) atoms. The second-order valence-corrected chi connectivity index (χ2v) is 7.57. The van der Waals surface area contributed by atoms with Crippen molar-refractivity contribution in [3.05, 3.63) is 29.8 Å². The molecule has 5 heteroatoms. The lowest BCUT2D eigenvalue weighted by molar-refractivity contribution is 0.552. The van der Waals surface area contributed by atoms with E-state index in [1.54, 1.807) is 12.1 Å². The summed E-state index contributed by atoms with van der Waals surface area (Å²) in [6, 6.07) is 7.20. The highest BCUT2D eigenvalue weighted by Gasteiger charge is 2.28. The van der Waals surface area contributed by atoms with Gasteiger partial charge in [0.1, 0.15) is 0 Å². The first kappa shape index (κ1) is 13.9. The molecule has 2 atom stereocenters. The van der Waals surface area contributed by atoms with Crippen LogP contribution in [0, 0.1) is 6.92 Å². The summed E-state index contributed by atoms with van der Waals surface area (Å²) < 4.78 is 27.4. The molecule has 1 fully saturated rings. The lowest BCUT2D eigenvalue weighted by Gasteiger charge is -2.14. The van der Waals surface area contributed by atoms with Crippen LogP contribution >= 0.6 is 11.8 Å². The van der Waals surface area contributed by atoms with Gasteiger partial charge in [-0.05, 0) is 44.1 Å². The molecule has 1 aliphatic carbocycles. The SMILES string of the molecule is CSC1CCC(NS(=O)(=O)c2ccccc2C)C1. The van der Waals surface area contributed by atoms with Gasteiger partial charge >= 0.3 is 0 Å². The van der Waals surface area contributed by atoms with Crippen LogP contribution in [-0.2, 0) is 10.0 Å². The Kier molecular flexibility index (Phi) is 4.35. The predicted molar refractivity (Wildman–Crippen MR) is 76.4 cm³/mol. The third kappa shape index (κ3) is 3.08. The first-order valence-electron chi connectivity index (χ1n) is 6.13. The van der Waals surface area contributed by atoms with E-state index in [0.717, 1.165) is 24.8 Å². The maximum Gasteiger partial charge on any atom is 0.241 e. The summed E-state index contributed by atoms with van der Waals surface area (Å²) in [7, 11) is -3.37. The molecule has 1 aromatic carbocycles. The fourth-order valence-corrected chi connectivity index (χ4v) is 4.73. The third-order valence-electron chi connectivity index (χ3n) is 3.42. The van der Waals surface area contributed by atoms with Crippen molar-refractivity contribution in [2.45, 2.75) is 42.4 Å². The number of hydrogen-bond acceptors (Lipinski definition) is 3. The number of rotatable bonds is 4. The van der Waals surface area contributed by atoms with E-state index in [0.29, 0.717) is 10.1 Å². The lowest BCUT2D eigenvalue weighted by atomic mass is 10.2. The summed E-state index contributed by atoms with van der Waals surface area (Å²) in [6.45, 7) is 1.83. The fourth-order valence-electron chi connectivity index (χ4n) is 2.40. The van der Waals surface area contributed by atoms with Crippen LogP contribution in [0.25, 0.3) is 0 Å². The van der Waals surface area contributed by atoms with Gasteiger partial charge in [0.15, 0.2) is 0 Å². The number of sulfonamides is 1. The Bertz CT molecular complexity index is 513. The van der Waals surface area contributed by atoms with Crippen molar-refractivity contribution in [2.24, 2.45) is 0 Å². The molecule has 1 aliphatic rings. The number of benzene rings is 1. The van der Waals surface area contributed by atoms with Gasteiger partial charge in [0.25, 0.3) is 0 Å². The lowest BCUT2D eigenvalue weighted by Crippen LogP contribution is -2.33. The Hall–Kier alpha value is -0.520. The standard InChI is InChI=1S/C13H19NO2S2/c1-10-5-3-4-6-13(10)18(15,16)14-11-7-8-12(9-11)17-2/h3-6,11-12,14H,7-9H2,1-2H3. The van der Waals surface area contributed by atoms with Gasteiger partial charge in [-0.15, -0.1) is 0 Å². The maximum atomic E-state index is 12.3. The van der Waals surface area contributed by atoms with Gasteiger partial charge < -0.3 is 0 Å². The van der Waals surface area contributed by atoms with E-state index in [2.05, 4.69) is 11.0 Å². The molecular formula is C13H19NO2S2. The Morgan fingerprint density at radius 2 is 2.00 bits per heavy atom. The molecule has 0 heterocycles. The minimum atomic E-state index is -3.37. The van der Waals surface area contributed by atoms with Crippen molar-refractivity contribution in [2.75, 3.05) is 6.26 Å². The molecule has 2 rings (SSSR count). The molecule has 0 aliphatic heterocycles. The van der Waals surface area contributed by atoms with Crippen molar-refractivity contribution < 1.29 is 8.42 Å². The third-order valence-corrected chi connectivity index (χ3v) is 6.20. The maximum absolute atomic E-state index is 12.3. The normalized spacial score (nSPS) is 24.3. The van der Waals surface area contributed by atoms with E-state index in [9.17, 15) is 8.42 Å². The molecule has 1 aromatic rings. The van der Waals surface area contributed by atoms with Crippen LogP contribution < -0.4 is 4.72 Å². The Morgan fingerprint density at radius 1 is 1.28 bits per heavy atom. The van der Waals surface area contributed by atoms with Crippen molar-refractivity contribution in [1.29, 1.82) is 0 Å². The molecule has 100 valence electrons. The first-order valence-corrected chi connectivity index (χ1v) is 8.91. The van der Waals surface area contributed by atoms with Gasteiger partial charge in [-0.2, -0.15) is 11.8 Å².